The molecule has 2 atom stereocenters. The normalized spacial score (nSPS) is 24.3. The maximum absolute atomic E-state index is 5.74. The van der Waals surface area contributed by atoms with E-state index in [1.165, 1.54) is 25.7 Å². The summed E-state index contributed by atoms with van der Waals surface area (Å²) in [4.78, 5) is 0.469. The molecule has 0 spiro atoms. The molecular formula is C14H20N2S. The van der Waals surface area contributed by atoms with E-state index in [0.717, 1.165) is 17.2 Å². The standard InChI is InChI=1S/C14H20N2S/c1-10-5-4-6-11(9-10)16-13-8-3-2-7-12(13)14(15)17/h2-3,7-8,10-11,16H,4-6,9H2,1H3,(H2,15,17). The van der Waals surface area contributed by atoms with Crippen LogP contribution < -0.4 is 11.1 Å². The first-order valence-corrected chi connectivity index (χ1v) is 6.73. The molecule has 17 heavy (non-hydrogen) atoms. The molecule has 1 aliphatic carbocycles. The topological polar surface area (TPSA) is 38.0 Å². The van der Waals surface area contributed by atoms with Crippen molar-refractivity contribution in [2.75, 3.05) is 5.32 Å². The maximum atomic E-state index is 5.74. The van der Waals surface area contributed by atoms with Crippen molar-refractivity contribution < 1.29 is 0 Å². The summed E-state index contributed by atoms with van der Waals surface area (Å²) in [6.45, 7) is 2.33. The largest absolute Gasteiger partial charge is 0.389 e. The molecule has 2 unspecified atom stereocenters. The predicted octanol–water partition coefficient (Wildman–Crippen LogP) is 3.31. The van der Waals surface area contributed by atoms with Crippen molar-refractivity contribution in [2.24, 2.45) is 11.7 Å². The van der Waals surface area contributed by atoms with Crippen molar-refractivity contribution in [1.29, 1.82) is 0 Å². The zero-order chi connectivity index (χ0) is 12.3. The maximum Gasteiger partial charge on any atom is 0.106 e. The molecule has 0 aliphatic heterocycles. The van der Waals surface area contributed by atoms with E-state index in [4.69, 9.17) is 18.0 Å². The van der Waals surface area contributed by atoms with Crippen LogP contribution in [0.25, 0.3) is 0 Å². The number of hydrogen-bond acceptors (Lipinski definition) is 2. The number of para-hydroxylation sites is 1. The van der Waals surface area contributed by atoms with Gasteiger partial charge in [-0.1, -0.05) is 44.1 Å². The molecule has 92 valence electrons. The van der Waals surface area contributed by atoms with Crippen LogP contribution in [0.5, 0.6) is 0 Å². The third kappa shape index (κ3) is 3.19. The highest BCUT2D eigenvalue weighted by atomic mass is 32.1. The van der Waals surface area contributed by atoms with Crippen molar-refractivity contribution in [2.45, 2.75) is 38.6 Å². The first-order chi connectivity index (χ1) is 8.16. The highest BCUT2D eigenvalue weighted by Crippen LogP contribution is 2.27. The second-order valence-corrected chi connectivity index (χ2v) is 5.46. The van der Waals surface area contributed by atoms with E-state index in [1.54, 1.807) is 0 Å². The van der Waals surface area contributed by atoms with Crippen molar-refractivity contribution in [3.63, 3.8) is 0 Å². The number of nitrogens with one attached hydrogen (secondary N) is 1. The van der Waals surface area contributed by atoms with Crippen LogP contribution in [0.3, 0.4) is 0 Å². The molecule has 0 aromatic heterocycles. The predicted molar refractivity (Wildman–Crippen MR) is 77.4 cm³/mol. The van der Waals surface area contributed by atoms with Gasteiger partial charge in [-0.2, -0.15) is 0 Å². The van der Waals surface area contributed by atoms with Gasteiger partial charge in [-0.25, -0.2) is 0 Å². The molecule has 0 heterocycles. The van der Waals surface area contributed by atoms with Crippen LogP contribution in [0, 0.1) is 5.92 Å². The minimum Gasteiger partial charge on any atom is -0.389 e. The van der Waals surface area contributed by atoms with E-state index in [1.807, 2.05) is 18.2 Å². The average Bonchev–Trinajstić information content (AvgIpc) is 2.29. The van der Waals surface area contributed by atoms with Gasteiger partial charge in [0.15, 0.2) is 0 Å². The first-order valence-electron chi connectivity index (χ1n) is 6.32. The zero-order valence-corrected chi connectivity index (χ0v) is 11.1. The van der Waals surface area contributed by atoms with E-state index < -0.39 is 0 Å². The molecule has 1 fully saturated rings. The molecule has 1 saturated carbocycles. The summed E-state index contributed by atoms with van der Waals surface area (Å²) in [5.41, 5.74) is 7.78. The van der Waals surface area contributed by atoms with Gasteiger partial charge < -0.3 is 11.1 Å². The molecular weight excluding hydrogens is 228 g/mol. The minimum atomic E-state index is 0.469. The number of hydrogen-bond donors (Lipinski definition) is 2. The zero-order valence-electron chi connectivity index (χ0n) is 10.3. The van der Waals surface area contributed by atoms with Gasteiger partial charge in [0, 0.05) is 17.3 Å². The second-order valence-electron chi connectivity index (χ2n) is 5.02. The summed E-state index contributed by atoms with van der Waals surface area (Å²) in [6, 6.07) is 8.61. The van der Waals surface area contributed by atoms with Gasteiger partial charge in [0.05, 0.1) is 0 Å². The number of rotatable bonds is 3. The molecule has 1 aromatic carbocycles. The lowest BCUT2D eigenvalue weighted by Gasteiger charge is -2.29. The van der Waals surface area contributed by atoms with Crippen molar-refractivity contribution in [3.05, 3.63) is 29.8 Å². The lowest BCUT2D eigenvalue weighted by atomic mass is 9.87. The molecule has 2 nitrogen and oxygen atoms in total. The van der Waals surface area contributed by atoms with Gasteiger partial charge >= 0.3 is 0 Å². The second kappa shape index (κ2) is 5.50. The Morgan fingerprint density at radius 3 is 2.82 bits per heavy atom. The molecule has 0 radical (unpaired) electrons. The summed E-state index contributed by atoms with van der Waals surface area (Å²) >= 11 is 5.08. The van der Waals surface area contributed by atoms with Crippen LogP contribution in [0.15, 0.2) is 24.3 Å². The first kappa shape index (κ1) is 12.4. The Labute approximate surface area is 109 Å². The monoisotopic (exact) mass is 248 g/mol. The SMILES string of the molecule is CC1CCCC(Nc2ccccc2C(N)=S)C1. The Morgan fingerprint density at radius 2 is 2.12 bits per heavy atom. The fourth-order valence-corrected chi connectivity index (χ4v) is 2.79. The van der Waals surface area contributed by atoms with Gasteiger partial charge in [0.25, 0.3) is 0 Å². The molecule has 2 rings (SSSR count). The molecule has 1 aromatic rings. The van der Waals surface area contributed by atoms with E-state index >= 15 is 0 Å². The highest BCUT2D eigenvalue weighted by Gasteiger charge is 2.19. The van der Waals surface area contributed by atoms with E-state index in [9.17, 15) is 0 Å². The smallest absolute Gasteiger partial charge is 0.106 e. The molecule has 0 amide bonds. The Kier molecular flexibility index (Phi) is 4.00. The van der Waals surface area contributed by atoms with Gasteiger partial charge in [-0.3, -0.25) is 0 Å². The summed E-state index contributed by atoms with van der Waals surface area (Å²) in [5, 5.41) is 3.59. The number of anilines is 1. The molecule has 0 bridgehead atoms. The number of benzene rings is 1. The summed E-state index contributed by atoms with van der Waals surface area (Å²) in [6.07, 6.45) is 5.16. The number of thiocarbonyl (C=S) groups is 1. The van der Waals surface area contributed by atoms with Crippen molar-refractivity contribution in [1.82, 2.24) is 0 Å². The minimum absolute atomic E-state index is 0.469. The van der Waals surface area contributed by atoms with Crippen LogP contribution in [0.4, 0.5) is 5.69 Å². The average molecular weight is 248 g/mol. The third-order valence-electron chi connectivity index (χ3n) is 3.49. The van der Waals surface area contributed by atoms with Crippen LogP contribution in [0.2, 0.25) is 0 Å². The van der Waals surface area contributed by atoms with Gasteiger partial charge in [-0.15, -0.1) is 0 Å². The quantitative estimate of drug-likeness (QED) is 0.806. The Bertz CT molecular complexity index is 403. The molecule has 3 heteroatoms. The van der Waals surface area contributed by atoms with E-state index in [-0.39, 0.29) is 0 Å². The Morgan fingerprint density at radius 1 is 1.35 bits per heavy atom. The van der Waals surface area contributed by atoms with Gasteiger partial charge in [-0.05, 0) is 30.9 Å². The van der Waals surface area contributed by atoms with Gasteiger partial charge in [0.2, 0.25) is 0 Å². The van der Waals surface area contributed by atoms with Crippen LogP contribution in [0.1, 0.15) is 38.2 Å². The van der Waals surface area contributed by atoms with Crippen LogP contribution in [-0.2, 0) is 0 Å². The summed E-state index contributed by atoms with van der Waals surface area (Å²) in [5.74, 6) is 0.818. The van der Waals surface area contributed by atoms with E-state index in [2.05, 4.69) is 18.3 Å². The molecule has 1 aliphatic rings. The van der Waals surface area contributed by atoms with Crippen LogP contribution in [-0.4, -0.2) is 11.0 Å². The third-order valence-corrected chi connectivity index (χ3v) is 3.71. The van der Waals surface area contributed by atoms with Crippen molar-refractivity contribution >= 4 is 22.9 Å². The number of nitrogens with two attached hydrogens (primary N) is 1. The van der Waals surface area contributed by atoms with Crippen molar-refractivity contribution in [3.8, 4) is 0 Å². The fraction of sp³-hybridized carbons (Fsp3) is 0.500. The lowest BCUT2D eigenvalue weighted by molar-refractivity contribution is 0.358. The van der Waals surface area contributed by atoms with E-state index in [0.29, 0.717) is 11.0 Å². The fourth-order valence-electron chi connectivity index (χ4n) is 2.61. The van der Waals surface area contributed by atoms with Crippen LogP contribution >= 0.6 is 12.2 Å². The summed E-state index contributed by atoms with van der Waals surface area (Å²) < 4.78 is 0. The van der Waals surface area contributed by atoms with Gasteiger partial charge in [0.1, 0.15) is 4.99 Å². The highest BCUT2D eigenvalue weighted by molar-refractivity contribution is 7.80. The Hall–Kier alpha value is -1.09. The molecule has 3 N–H and O–H groups in total. The Balaban J connectivity index is 2.10. The molecule has 0 saturated heterocycles. The summed E-state index contributed by atoms with van der Waals surface area (Å²) in [7, 11) is 0. The lowest BCUT2D eigenvalue weighted by Crippen LogP contribution is -2.27.